The second kappa shape index (κ2) is 3.37. The Hall–Kier alpha value is -0.860. The molecule has 3 rings (SSSR count). The number of hydrogen-bond donors (Lipinski definition) is 1. The third-order valence-electron chi connectivity index (χ3n) is 3.01. The lowest BCUT2D eigenvalue weighted by Crippen LogP contribution is -2.07. The van der Waals surface area contributed by atoms with E-state index in [0.29, 0.717) is 0 Å². The summed E-state index contributed by atoms with van der Waals surface area (Å²) < 4.78 is 0. The second-order valence-corrected chi connectivity index (χ2v) is 4.79. The van der Waals surface area contributed by atoms with Gasteiger partial charge in [0.15, 0.2) is 0 Å². The van der Waals surface area contributed by atoms with Crippen molar-refractivity contribution in [1.29, 1.82) is 0 Å². The van der Waals surface area contributed by atoms with E-state index in [9.17, 15) is 0 Å². The Kier molecular flexibility index (Phi) is 2.03. The SMILES string of the molecule is c1csc2c(C3CCNC3)ccc-2c1. The smallest absolute Gasteiger partial charge is 0.0377 e. The Morgan fingerprint density at radius 2 is 2.29 bits per heavy atom. The predicted octanol–water partition coefficient (Wildman–Crippen LogP) is 2.93. The fraction of sp³-hybridized carbons (Fsp3) is 0.333. The van der Waals surface area contributed by atoms with Gasteiger partial charge in [0.1, 0.15) is 0 Å². The van der Waals surface area contributed by atoms with E-state index in [-0.39, 0.29) is 0 Å². The highest BCUT2D eigenvalue weighted by Crippen LogP contribution is 2.37. The summed E-state index contributed by atoms with van der Waals surface area (Å²) in [7, 11) is 0. The van der Waals surface area contributed by atoms with Crippen LogP contribution in [0.4, 0.5) is 0 Å². The largest absolute Gasteiger partial charge is 0.316 e. The van der Waals surface area contributed by atoms with Crippen LogP contribution in [0.2, 0.25) is 0 Å². The van der Waals surface area contributed by atoms with Gasteiger partial charge in [-0.05, 0) is 35.4 Å². The fourth-order valence-corrected chi connectivity index (χ4v) is 3.19. The molecule has 0 radical (unpaired) electrons. The van der Waals surface area contributed by atoms with Gasteiger partial charge < -0.3 is 5.32 Å². The van der Waals surface area contributed by atoms with E-state index in [4.69, 9.17) is 0 Å². The van der Waals surface area contributed by atoms with E-state index < -0.39 is 0 Å². The van der Waals surface area contributed by atoms with Crippen molar-refractivity contribution in [2.45, 2.75) is 12.3 Å². The summed E-state index contributed by atoms with van der Waals surface area (Å²) in [6, 6.07) is 8.89. The van der Waals surface area contributed by atoms with E-state index >= 15 is 0 Å². The molecule has 0 aromatic heterocycles. The van der Waals surface area contributed by atoms with Crippen molar-refractivity contribution in [3.8, 4) is 10.4 Å². The molecule has 0 bridgehead atoms. The number of hydrogen-bond acceptors (Lipinski definition) is 2. The van der Waals surface area contributed by atoms with Crippen LogP contribution in [0.15, 0.2) is 29.6 Å². The average molecular weight is 203 g/mol. The predicted molar refractivity (Wildman–Crippen MR) is 61.2 cm³/mol. The molecule has 1 atom stereocenters. The molecule has 1 aliphatic carbocycles. The van der Waals surface area contributed by atoms with Gasteiger partial charge in [-0.3, -0.25) is 0 Å². The first-order chi connectivity index (χ1) is 6.95. The Balaban J connectivity index is 2.05. The summed E-state index contributed by atoms with van der Waals surface area (Å²) >= 11 is 1.87. The minimum atomic E-state index is 0.742. The molecule has 1 saturated heterocycles. The van der Waals surface area contributed by atoms with Crippen LogP contribution in [0.25, 0.3) is 10.4 Å². The zero-order chi connectivity index (χ0) is 9.38. The van der Waals surface area contributed by atoms with Crippen molar-refractivity contribution in [1.82, 2.24) is 5.32 Å². The van der Waals surface area contributed by atoms with Crippen LogP contribution in [0.3, 0.4) is 0 Å². The Labute approximate surface area is 88.1 Å². The molecule has 1 fully saturated rings. The average Bonchev–Trinajstić information content (AvgIpc) is 2.85. The highest BCUT2D eigenvalue weighted by Gasteiger charge is 2.21. The normalized spacial score (nSPS) is 21.9. The monoisotopic (exact) mass is 203 g/mol. The number of rotatable bonds is 1. The quantitative estimate of drug-likeness (QED) is 0.751. The molecule has 3 aliphatic rings. The molecule has 0 aromatic carbocycles. The van der Waals surface area contributed by atoms with Gasteiger partial charge in [-0.2, -0.15) is 0 Å². The first-order valence-corrected chi connectivity index (χ1v) is 6.00. The Morgan fingerprint density at radius 1 is 1.29 bits per heavy atom. The molecule has 0 spiro atoms. The maximum atomic E-state index is 3.43. The van der Waals surface area contributed by atoms with E-state index in [0.717, 1.165) is 12.5 Å². The van der Waals surface area contributed by atoms with E-state index in [1.54, 1.807) is 5.56 Å². The lowest BCUT2D eigenvalue weighted by Gasteiger charge is -2.08. The standard InChI is InChI=1S/C12H13NS/c1-2-9-3-4-11(12(9)14-7-1)10-5-6-13-8-10/h1-4,7,10,13H,5-6,8H2. The maximum Gasteiger partial charge on any atom is 0.0377 e. The third-order valence-corrected chi connectivity index (χ3v) is 4.01. The molecule has 72 valence electrons. The highest BCUT2D eigenvalue weighted by atomic mass is 32.1. The molecule has 14 heavy (non-hydrogen) atoms. The summed E-state index contributed by atoms with van der Waals surface area (Å²) in [5.41, 5.74) is 2.95. The van der Waals surface area contributed by atoms with Crippen LogP contribution in [0.1, 0.15) is 17.9 Å². The molecule has 2 aliphatic heterocycles. The zero-order valence-corrected chi connectivity index (χ0v) is 8.81. The van der Waals surface area contributed by atoms with Crippen molar-refractivity contribution in [2.75, 3.05) is 13.1 Å². The molecule has 1 unspecified atom stereocenters. The number of nitrogens with one attached hydrogen (secondary N) is 1. The van der Waals surface area contributed by atoms with Crippen LogP contribution < -0.4 is 5.32 Å². The summed E-state index contributed by atoms with van der Waals surface area (Å²) in [4.78, 5) is 1.49. The molecule has 1 N–H and O–H groups in total. The fourth-order valence-electron chi connectivity index (χ4n) is 2.26. The Bertz CT molecular complexity index is 401. The lowest BCUT2D eigenvalue weighted by atomic mass is 10.0. The van der Waals surface area contributed by atoms with Gasteiger partial charge in [-0.15, -0.1) is 11.3 Å². The minimum Gasteiger partial charge on any atom is -0.316 e. The third kappa shape index (κ3) is 1.26. The highest BCUT2D eigenvalue weighted by molar-refractivity contribution is 7.13. The summed E-state index contributed by atoms with van der Waals surface area (Å²) in [5, 5.41) is 5.60. The number of fused-ring (bicyclic) bond motifs is 1. The Morgan fingerprint density at radius 3 is 3.14 bits per heavy atom. The molecular weight excluding hydrogens is 190 g/mol. The van der Waals surface area contributed by atoms with Crippen LogP contribution in [0.5, 0.6) is 0 Å². The molecule has 0 amide bonds. The van der Waals surface area contributed by atoms with Crippen LogP contribution in [-0.4, -0.2) is 13.1 Å². The molecular formula is C12H13NS. The van der Waals surface area contributed by atoms with Crippen molar-refractivity contribution in [3.63, 3.8) is 0 Å². The summed E-state index contributed by atoms with van der Waals surface area (Å²) in [6.45, 7) is 2.33. The van der Waals surface area contributed by atoms with Crippen LogP contribution >= 0.6 is 11.3 Å². The molecule has 0 aromatic rings. The summed E-state index contributed by atoms with van der Waals surface area (Å²) in [6.07, 6.45) is 1.29. The lowest BCUT2D eigenvalue weighted by molar-refractivity contribution is 0.769. The van der Waals surface area contributed by atoms with Gasteiger partial charge in [0.05, 0.1) is 0 Å². The van der Waals surface area contributed by atoms with Crippen molar-refractivity contribution >= 4 is 11.3 Å². The first-order valence-electron chi connectivity index (χ1n) is 5.12. The van der Waals surface area contributed by atoms with Crippen LogP contribution in [0, 0.1) is 0 Å². The van der Waals surface area contributed by atoms with Crippen molar-refractivity contribution < 1.29 is 0 Å². The van der Waals surface area contributed by atoms with E-state index in [1.165, 1.54) is 23.4 Å². The van der Waals surface area contributed by atoms with E-state index in [1.807, 2.05) is 11.3 Å². The summed E-state index contributed by atoms with van der Waals surface area (Å²) in [5.74, 6) is 0.742. The van der Waals surface area contributed by atoms with Gasteiger partial charge in [0.2, 0.25) is 0 Å². The van der Waals surface area contributed by atoms with Crippen molar-refractivity contribution in [2.24, 2.45) is 0 Å². The van der Waals surface area contributed by atoms with E-state index in [2.05, 4.69) is 35.0 Å². The van der Waals surface area contributed by atoms with Crippen LogP contribution in [-0.2, 0) is 0 Å². The van der Waals surface area contributed by atoms with Gasteiger partial charge in [-0.1, -0.05) is 24.3 Å². The first kappa shape index (κ1) is 8.45. The molecule has 2 heteroatoms. The zero-order valence-electron chi connectivity index (χ0n) is 7.99. The molecule has 2 heterocycles. The second-order valence-electron chi connectivity index (χ2n) is 3.88. The topological polar surface area (TPSA) is 12.0 Å². The van der Waals surface area contributed by atoms with Crippen molar-refractivity contribution in [3.05, 3.63) is 35.2 Å². The van der Waals surface area contributed by atoms with Gasteiger partial charge in [-0.25, -0.2) is 0 Å². The molecule has 0 saturated carbocycles. The van der Waals surface area contributed by atoms with Gasteiger partial charge >= 0.3 is 0 Å². The maximum absolute atomic E-state index is 3.43. The van der Waals surface area contributed by atoms with Gasteiger partial charge in [0, 0.05) is 11.4 Å². The minimum absolute atomic E-state index is 0.742. The molecule has 1 nitrogen and oxygen atoms in total. The van der Waals surface area contributed by atoms with Gasteiger partial charge in [0.25, 0.3) is 0 Å².